The number of nitrogens with zero attached hydrogens (tertiary/aromatic N) is 1. The van der Waals surface area contributed by atoms with E-state index in [1.54, 1.807) is 0 Å². The van der Waals surface area contributed by atoms with Crippen LogP contribution in [0.15, 0.2) is 36.4 Å². The number of rotatable bonds is 4. The van der Waals surface area contributed by atoms with Crippen LogP contribution in [0, 0.1) is 20.8 Å². The maximum atomic E-state index is 11.9. The van der Waals surface area contributed by atoms with Crippen molar-refractivity contribution < 1.29 is 4.79 Å². The van der Waals surface area contributed by atoms with Crippen LogP contribution in [0.5, 0.6) is 0 Å². The van der Waals surface area contributed by atoms with Crippen LogP contribution in [-0.4, -0.2) is 10.5 Å². The van der Waals surface area contributed by atoms with Crippen LogP contribution in [-0.2, 0) is 17.9 Å². The van der Waals surface area contributed by atoms with Crippen molar-refractivity contribution in [3.63, 3.8) is 0 Å². The van der Waals surface area contributed by atoms with Gasteiger partial charge in [-0.05, 0) is 38.5 Å². The fraction of sp³-hybridized carbons (Fsp3) is 0.312. The van der Waals surface area contributed by atoms with E-state index in [2.05, 4.69) is 24.4 Å². The second-order valence-corrected chi connectivity index (χ2v) is 4.97. The third kappa shape index (κ3) is 3.47. The molecule has 0 radical (unpaired) electrons. The van der Waals surface area contributed by atoms with E-state index in [4.69, 9.17) is 0 Å². The molecule has 0 aliphatic heterocycles. The molecule has 0 fully saturated rings. The lowest BCUT2D eigenvalue weighted by atomic mass is 10.1. The average molecular weight is 256 g/mol. The molecule has 2 aromatic rings. The summed E-state index contributed by atoms with van der Waals surface area (Å²) in [5.41, 5.74) is 4.57. The molecule has 100 valence electrons. The summed E-state index contributed by atoms with van der Waals surface area (Å²) in [5.74, 6) is 0.0453. The summed E-state index contributed by atoms with van der Waals surface area (Å²) in [6.45, 7) is 7.05. The maximum Gasteiger partial charge on any atom is 0.240 e. The Labute approximate surface area is 114 Å². The summed E-state index contributed by atoms with van der Waals surface area (Å²) in [6.07, 6.45) is 0. The number of aryl methyl sites for hydroxylation is 3. The van der Waals surface area contributed by atoms with Crippen LogP contribution in [0.25, 0.3) is 0 Å². The molecular formula is C16H20N2O. The van der Waals surface area contributed by atoms with Crippen molar-refractivity contribution in [3.8, 4) is 0 Å². The molecule has 1 amide bonds. The van der Waals surface area contributed by atoms with Crippen molar-refractivity contribution in [2.24, 2.45) is 0 Å². The van der Waals surface area contributed by atoms with E-state index in [0.717, 1.165) is 17.0 Å². The van der Waals surface area contributed by atoms with Crippen molar-refractivity contribution >= 4 is 5.91 Å². The van der Waals surface area contributed by atoms with Gasteiger partial charge in [0.15, 0.2) is 0 Å². The van der Waals surface area contributed by atoms with Gasteiger partial charge < -0.3 is 9.88 Å². The summed E-state index contributed by atoms with van der Waals surface area (Å²) < 4.78 is 2.02. The Hall–Kier alpha value is -2.03. The highest BCUT2D eigenvalue weighted by Crippen LogP contribution is 2.07. The van der Waals surface area contributed by atoms with Gasteiger partial charge in [0.05, 0.1) is 0 Å². The van der Waals surface area contributed by atoms with Crippen LogP contribution >= 0.6 is 0 Å². The van der Waals surface area contributed by atoms with E-state index >= 15 is 0 Å². The molecule has 3 heteroatoms. The largest absolute Gasteiger partial charge is 0.350 e. The minimum Gasteiger partial charge on any atom is -0.350 e. The highest BCUT2D eigenvalue weighted by atomic mass is 16.1. The Morgan fingerprint density at radius 2 is 1.79 bits per heavy atom. The Morgan fingerprint density at radius 1 is 1.11 bits per heavy atom. The third-order valence-corrected chi connectivity index (χ3v) is 3.29. The van der Waals surface area contributed by atoms with Gasteiger partial charge in [-0.1, -0.05) is 29.8 Å². The highest BCUT2D eigenvalue weighted by Gasteiger charge is 2.06. The van der Waals surface area contributed by atoms with Crippen molar-refractivity contribution in [3.05, 3.63) is 58.9 Å². The van der Waals surface area contributed by atoms with Gasteiger partial charge in [0, 0.05) is 17.9 Å². The zero-order chi connectivity index (χ0) is 13.8. The van der Waals surface area contributed by atoms with E-state index < -0.39 is 0 Å². The smallest absolute Gasteiger partial charge is 0.240 e. The average Bonchev–Trinajstić information content (AvgIpc) is 2.68. The Morgan fingerprint density at radius 3 is 2.42 bits per heavy atom. The van der Waals surface area contributed by atoms with Gasteiger partial charge in [-0.2, -0.15) is 0 Å². The highest BCUT2D eigenvalue weighted by molar-refractivity contribution is 5.75. The monoisotopic (exact) mass is 256 g/mol. The first-order chi connectivity index (χ1) is 9.06. The van der Waals surface area contributed by atoms with Gasteiger partial charge in [0.1, 0.15) is 6.54 Å². The van der Waals surface area contributed by atoms with Crippen LogP contribution < -0.4 is 5.32 Å². The first-order valence-electron chi connectivity index (χ1n) is 6.51. The van der Waals surface area contributed by atoms with Crippen LogP contribution in [0.1, 0.15) is 22.5 Å². The Bertz CT molecular complexity index is 565. The van der Waals surface area contributed by atoms with E-state index in [-0.39, 0.29) is 5.91 Å². The predicted octanol–water partition coefficient (Wildman–Crippen LogP) is 2.73. The molecule has 0 saturated heterocycles. The van der Waals surface area contributed by atoms with E-state index in [9.17, 15) is 4.79 Å². The van der Waals surface area contributed by atoms with Crippen molar-refractivity contribution in [1.82, 2.24) is 9.88 Å². The van der Waals surface area contributed by atoms with Gasteiger partial charge in [-0.25, -0.2) is 0 Å². The summed E-state index contributed by atoms with van der Waals surface area (Å²) in [4.78, 5) is 11.9. The molecule has 0 atom stereocenters. The molecule has 1 aromatic heterocycles. The quantitative estimate of drug-likeness (QED) is 0.896. The fourth-order valence-electron chi connectivity index (χ4n) is 2.17. The van der Waals surface area contributed by atoms with Gasteiger partial charge in [-0.15, -0.1) is 0 Å². The summed E-state index contributed by atoms with van der Waals surface area (Å²) in [6, 6.07) is 12.2. The molecule has 19 heavy (non-hydrogen) atoms. The number of amides is 1. The number of nitrogens with one attached hydrogen (secondary N) is 1. The van der Waals surface area contributed by atoms with Crippen molar-refractivity contribution in [2.75, 3.05) is 0 Å². The Kier molecular flexibility index (Phi) is 4.05. The van der Waals surface area contributed by atoms with Crippen LogP contribution in [0.4, 0.5) is 0 Å². The first kappa shape index (κ1) is 13.4. The lowest BCUT2D eigenvalue weighted by Gasteiger charge is -2.10. The fourth-order valence-corrected chi connectivity index (χ4v) is 2.17. The first-order valence-corrected chi connectivity index (χ1v) is 6.51. The number of hydrogen-bond acceptors (Lipinski definition) is 1. The van der Waals surface area contributed by atoms with Crippen LogP contribution in [0.3, 0.4) is 0 Å². The zero-order valence-corrected chi connectivity index (χ0v) is 11.7. The number of carbonyl (C=O) groups excluding carboxylic acids is 1. The lowest BCUT2D eigenvalue weighted by Crippen LogP contribution is -2.27. The number of hydrogen-bond donors (Lipinski definition) is 1. The predicted molar refractivity (Wildman–Crippen MR) is 76.9 cm³/mol. The van der Waals surface area contributed by atoms with Crippen molar-refractivity contribution in [1.29, 1.82) is 0 Å². The van der Waals surface area contributed by atoms with E-state index in [1.165, 1.54) is 5.56 Å². The summed E-state index contributed by atoms with van der Waals surface area (Å²) in [5, 5.41) is 2.96. The second kappa shape index (κ2) is 5.74. The van der Waals surface area contributed by atoms with E-state index in [0.29, 0.717) is 13.1 Å². The van der Waals surface area contributed by atoms with Gasteiger partial charge >= 0.3 is 0 Å². The maximum absolute atomic E-state index is 11.9. The molecule has 2 rings (SSSR count). The molecule has 0 unspecified atom stereocenters. The molecule has 0 spiro atoms. The SMILES string of the molecule is Cc1cccc(CNC(=O)Cn2c(C)ccc2C)c1. The molecule has 1 aromatic carbocycles. The van der Waals surface area contributed by atoms with Gasteiger partial charge in [0.25, 0.3) is 0 Å². The zero-order valence-electron chi connectivity index (χ0n) is 11.7. The molecule has 0 aliphatic carbocycles. The third-order valence-electron chi connectivity index (χ3n) is 3.29. The molecule has 0 saturated carbocycles. The molecule has 3 nitrogen and oxygen atoms in total. The molecule has 1 heterocycles. The Balaban J connectivity index is 1.92. The van der Waals surface area contributed by atoms with Crippen molar-refractivity contribution in [2.45, 2.75) is 33.9 Å². The number of benzene rings is 1. The molecule has 0 aliphatic rings. The minimum absolute atomic E-state index is 0.0453. The lowest BCUT2D eigenvalue weighted by molar-refractivity contribution is -0.121. The molecular weight excluding hydrogens is 236 g/mol. The summed E-state index contributed by atoms with van der Waals surface area (Å²) in [7, 11) is 0. The van der Waals surface area contributed by atoms with Crippen LogP contribution in [0.2, 0.25) is 0 Å². The minimum atomic E-state index is 0.0453. The van der Waals surface area contributed by atoms with E-state index in [1.807, 2.05) is 42.7 Å². The van der Waals surface area contributed by atoms with Gasteiger partial charge in [-0.3, -0.25) is 4.79 Å². The number of carbonyl (C=O) groups is 1. The molecule has 1 N–H and O–H groups in total. The van der Waals surface area contributed by atoms with Gasteiger partial charge in [0.2, 0.25) is 5.91 Å². The number of aromatic nitrogens is 1. The normalized spacial score (nSPS) is 10.5. The topological polar surface area (TPSA) is 34.0 Å². The molecule has 0 bridgehead atoms. The second-order valence-electron chi connectivity index (χ2n) is 4.97. The summed E-state index contributed by atoms with van der Waals surface area (Å²) >= 11 is 0. The standard InChI is InChI=1S/C16H20N2O/c1-12-5-4-6-15(9-12)10-17-16(19)11-18-13(2)7-8-14(18)3/h4-9H,10-11H2,1-3H3,(H,17,19).